The number of carbonyl (C=O) groups is 1. The summed E-state index contributed by atoms with van der Waals surface area (Å²) >= 11 is 0. The molecule has 1 aliphatic carbocycles. The molecule has 0 bridgehead atoms. The predicted molar refractivity (Wildman–Crippen MR) is 56.0 cm³/mol. The van der Waals surface area contributed by atoms with E-state index in [4.69, 9.17) is 4.55 Å². The molecule has 18 heavy (non-hydrogen) atoms. The summed E-state index contributed by atoms with van der Waals surface area (Å²) in [6.45, 7) is 0.937. The van der Waals surface area contributed by atoms with Crippen molar-refractivity contribution in [3.05, 3.63) is 23.8 Å². The molecule has 1 aliphatic rings. The van der Waals surface area contributed by atoms with Crippen LogP contribution >= 0.6 is 0 Å². The molecular weight excluding hydrogens is 275 g/mol. The van der Waals surface area contributed by atoms with Crippen LogP contribution in [-0.2, 0) is 14.9 Å². The van der Waals surface area contributed by atoms with Gasteiger partial charge < -0.3 is 5.32 Å². The summed E-state index contributed by atoms with van der Waals surface area (Å²) < 4.78 is 69.0. The first-order valence-corrected chi connectivity index (χ1v) is 6.13. The zero-order valence-corrected chi connectivity index (χ0v) is 9.97. The second kappa shape index (κ2) is 4.39. The van der Waals surface area contributed by atoms with Crippen LogP contribution in [0.1, 0.15) is 13.3 Å². The van der Waals surface area contributed by atoms with E-state index in [-0.39, 0.29) is 0 Å². The fourth-order valence-corrected chi connectivity index (χ4v) is 2.40. The normalized spacial score (nSPS) is 24.6. The molecule has 0 fully saturated rings. The van der Waals surface area contributed by atoms with E-state index >= 15 is 0 Å². The second-order valence-corrected chi connectivity index (χ2v) is 5.45. The highest BCUT2D eigenvalue weighted by Crippen LogP contribution is 2.37. The van der Waals surface area contributed by atoms with Crippen LogP contribution in [0.4, 0.5) is 13.2 Å². The van der Waals surface area contributed by atoms with Gasteiger partial charge in [-0.25, -0.2) is 0 Å². The van der Waals surface area contributed by atoms with Gasteiger partial charge in [0.15, 0.2) is 4.87 Å². The Morgan fingerprint density at radius 1 is 1.50 bits per heavy atom. The third-order valence-corrected chi connectivity index (χ3v) is 3.63. The summed E-state index contributed by atoms with van der Waals surface area (Å²) in [5, 5.41) is 1.83. The number of alkyl halides is 3. The van der Waals surface area contributed by atoms with Gasteiger partial charge in [-0.2, -0.15) is 21.6 Å². The van der Waals surface area contributed by atoms with Gasteiger partial charge in [-0.3, -0.25) is 9.35 Å². The number of amides is 1. The number of halogens is 3. The molecule has 0 aromatic heterocycles. The predicted octanol–water partition coefficient (Wildman–Crippen LogP) is 1.16. The molecule has 0 aromatic carbocycles. The van der Waals surface area contributed by atoms with Crippen LogP contribution < -0.4 is 5.32 Å². The first kappa shape index (κ1) is 14.7. The summed E-state index contributed by atoms with van der Waals surface area (Å²) in [7, 11) is -4.94. The topological polar surface area (TPSA) is 83.5 Å². The summed E-state index contributed by atoms with van der Waals surface area (Å²) in [6.07, 6.45) is -3.50. The van der Waals surface area contributed by atoms with Crippen molar-refractivity contribution in [2.45, 2.75) is 24.4 Å². The SMILES string of the molecule is CC(=O)NC1(S(=O)(=O)O)C=CC=C(C(F)(F)F)C1. The van der Waals surface area contributed by atoms with Crippen molar-refractivity contribution in [1.82, 2.24) is 5.32 Å². The van der Waals surface area contributed by atoms with E-state index in [1.807, 2.05) is 5.32 Å². The van der Waals surface area contributed by atoms with Gasteiger partial charge in [0.05, 0.1) is 0 Å². The van der Waals surface area contributed by atoms with E-state index in [0.29, 0.717) is 6.08 Å². The molecule has 0 aliphatic heterocycles. The van der Waals surface area contributed by atoms with Crippen molar-refractivity contribution >= 4 is 16.0 Å². The van der Waals surface area contributed by atoms with Gasteiger partial charge in [-0.15, -0.1) is 0 Å². The number of nitrogens with one attached hydrogen (secondary N) is 1. The molecule has 5 nitrogen and oxygen atoms in total. The van der Waals surface area contributed by atoms with Crippen LogP contribution in [0.25, 0.3) is 0 Å². The third kappa shape index (κ3) is 2.91. The lowest BCUT2D eigenvalue weighted by molar-refractivity contribution is -0.120. The lowest BCUT2D eigenvalue weighted by Gasteiger charge is -2.31. The van der Waals surface area contributed by atoms with E-state index in [1.165, 1.54) is 0 Å². The highest BCUT2D eigenvalue weighted by Gasteiger charge is 2.48. The van der Waals surface area contributed by atoms with Crippen LogP contribution in [-0.4, -0.2) is 29.9 Å². The van der Waals surface area contributed by atoms with Gasteiger partial charge in [0.2, 0.25) is 5.91 Å². The van der Waals surface area contributed by atoms with E-state index in [0.717, 1.165) is 19.1 Å². The lowest BCUT2D eigenvalue weighted by atomic mass is 9.99. The zero-order chi connectivity index (χ0) is 14.2. The molecular formula is C9H10F3NO4S. The van der Waals surface area contributed by atoms with E-state index in [1.54, 1.807) is 0 Å². The minimum absolute atomic E-state index is 0.686. The molecule has 0 saturated carbocycles. The third-order valence-electron chi connectivity index (χ3n) is 2.33. The zero-order valence-electron chi connectivity index (χ0n) is 9.15. The molecule has 1 amide bonds. The molecule has 0 spiro atoms. The Balaban J connectivity index is 3.24. The van der Waals surface area contributed by atoms with Crippen molar-refractivity contribution < 1.29 is 30.9 Å². The van der Waals surface area contributed by atoms with E-state index in [2.05, 4.69) is 0 Å². The Hall–Kier alpha value is -1.35. The van der Waals surface area contributed by atoms with Gasteiger partial charge in [0.1, 0.15) is 0 Å². The first-order chi connectivity index (χ1) is 7.98. The highest BCUT2D eigenvalue weighted by molar-refractivity contribution is 7.87. The average Bonchev–Trinajstić information content (AvgIpc) is 2.13. The first-order valence-electron chi connectivity index (χ1n) is 4.69. The van der Waals surface area contributed by atoms with Gasteiger partial charge in [0.25, 0.3) is 10.1 Å². The minimum Gasteiger partial charge on any atom is -0.332 e. The van der Waals surface area contributed by atoms with Crippen molar-refractivity contribution in [3.63, 3.8) is 0 Å². The second-order valence-electron chi connectivity index (χ2n) is 3.77. The number of hydrogen-bond acceptors (Lipinski definition) is 3. The standard InChI is InChI=1S/C9H10F3NO4S/c1-6(14)13-8(18(15,16)17)4-2-3-7(5-8)9(10,11)12/h2-4H,5H2,1H3,(H,13,14)(H,15,16,17). The van der Waals surface area contributed by atoms with E-state index < -0.39 is 39.1 Å². The Kier molecular flexibility index (Phi) is 3.59. The van der Waals surface area contributed by atoms with Crippen LogP contribution in [0.3, 0.4) is 0 Å². The molecule has 0 radical (unpaired) electrons. The maximum absolute atomic E-state index is 12.5. The largest absolute Gasteiger partial charge is 0.412 e. The number of rotatable bonds is 2. The fraction of sp³-hybridized carbons (Fsp3) is 0.444. The van der Waals surface area contributed by atoms with Crippen molar-refractivity contribution in [2.75, 3.05) is 0 Å². The fourth-order valence-electron chi connectivity index (χ4n) is 1.54. The molecule has 0 saturated heterocycles. The molecule has 102 valence electrons. The Morgan fingerprint density at radius 2 is 2.06 bits per heavy atom. The smallest absolute Gasteiger partial charge is 0.332 e. The Labute approximate surface area is 101 Å². The molecule has 1 rings (SSSR count). The summed E-state index contributed by atoms with van der Waals surface area (Å²) in [6, 6.07) is 0. The Morgan fingerprint density at radius 3 is 2.44 bits per heavy atom. The van der Waals surface area contributed by atoms with Crippen molar-refractivity contribution in [3.8, 4) is 0 Å². The lowest BCUT2D eigenvalue weighted by Crippen LogP contribution is -2.53. The van der Waals surface area contributed by atoms with E-state index in [9.17, 15) is 26.4 Å². The quantitative estimate of drug-likeness (QED) is 0.746. The maximum Gasteiger partial charge on any atom is 0.412 e. The molecule has 2 N–H and O–H groups in total. The number of carbonyl (C=O) groups excluding carboxylic acids is 1. The molecule has 0 heterocycles. The minimum atomic E-state index is -4.94. The summed E-state index contributed by atoms with van der Waals surface area (Å²) in [4.78, 5) is 8.43. The molecule has 1 atom stereocenters. The molecule has 0 aromatic rings. The van der Waals surface area contributed by atoms with Crippen molar-refractivity contribution in [2.24, 2.45) is 0 Å². The summed E-state index contributed by atoms with van der Waals surface area (Å²) in [5.74, 6) is -0.874. The maximum atomic E-state index is 12.5. The van der Waals surface area contributed by atoms with Crippen molar-refractivity contribution in [1.29, 1.82) is 0 Å². The van der Waals surface area contributed by atoms with Crippen LogP contribution in [0.5, 0.6) is 0 Å². The number of allylic oxidation sites excluding steroid dienone is 2. The van der Waals surface area contributed by atoms with Gasteiger partial charge in [0, 0.05) is 18.9 Å². The van der Waals surface area contributed by atoms with Crippen LogP contribution in [0.2, 0.25) is 0 Å². The molecule has 1 unspecified atom stereocenters. The van der Waals surface area contributed by atoms with Gasteiger partial charge in [-0.1, -0.05) is 12.2 Å². The average molecular weight is 285 g/mol. The number of hydrogen-bond donors (Lipinski definition) is 2. The summed E-state index contributed by atoms with van der Waals surface area (Å²) in [5.41, 5.74) is -1.16. The van der Waals surface area contributed by atoms with Gasteiger partial charge in [-0.05, 0) is 6.08 Å². The van der Waals surface area contributed by atoms with Crippen LogP contribution in [0, 0.1) is 0 Å². The monoisotopic (exact) mass is 285 g/mol. The molecule has 9 heteroatoms. The Bertz CT molecular complexity index is 520. The highest BCUT2D eigenvalue weighted by atomic mass is 32.2. The van der Waals surface area contributed by atoms with Gasteiger partial charge >= 0.3 is 6.18 Å². The van der Waals surface area contributed by atoms with Crippen LogP contribution in [0.15, 0.2) is 23.8 Å².